The lowest BCUT2D eigenvalue weighted by Crippen LogP contribution is -2.55. The molecule has 1 fully saturated rings. The molecule has 0 radical (unpaired) electrons. The van der Waals surface area contributed by atoms with Gasteiger partial charge >= 0.3 is 0 Å². The monoisotopic (exact) mass is 417 g/mol. The molecule has 0 bridgehead atoms. The summed E-state index contributed by atoms with van der Waals surface area (Å²) in [5.41, 5.74) is 4.30. The second-order valence-electron chi connectivity index (χ2n) is 8.60. The number of rotatable bonds is 7. The topological polar surface area (TPSA) is 48.7 Å². The Kier molecular flexibility index (Phi) is 6.66. The second-order valence-corrected chi connectivity index (χ2v) is 8.60. The number of ketones is 1. The van der Waals surface area contributed by atoms with E-state index < -0.39 is 6.61 Å². The number of benzene rings is 2. The lowest BCUT2D eigenvalue weighted by atomic mass is 10.0. The molecule has 4 rings (SSSR count). The first-order valence-electron chi connectivity index (χ1n) is 11.0. The fourth-order valence-corrected chi connectivity index (χ4v) is 4.59. The molecule has 0 saturated carbocycles. The highest BCUT2D eigenvalue weighted by Gasteiger charge is 2.29. The number of aromatic nitrogens is 1. The molecule has 2 aromatic carbocycles. The van der Waals surface area contributed by atoms with Gasteiger partial charge in [0.15, 0.2) is 5.78 Å². The number of carbonyl (C=O) groups is 1. The van der Waals surface area contributed by atoms with Gasteiger partial charge in [-0.2, -0.15) is 0 Å². The zero-order valence-electron chi connectivity index (χ0n) is 18.3. The van der Waals surface area contributed by atoms with Gasteiger partial charge in [0.25, 0.3) is 0 Å². The molecule has 0 aliphatic carbocycles. The first-order valence-corrected chi connectivity index (χ1v) is 11.0. The fraction of sp³-hybridized carbons (Fsp3) is 0.346. The van der Waals surface area contributed by atoms with Gasteiger partial charge in [-0.1, -0.05) is 36.4 Å². The van der Waals surface area contributed by atoms with Gasteiger partial charge in [0, 0.05) is 61.9 Å². The number of aliphatic hydroxyl groups is 1. The van der Waals surface area contributed by atoms with E-state index in [1.807, 2.05) is 36.4 Å². The Morgan fingerprint density at radius 3 is 2.23 bits per heavy atom. The SMILES string of the molecule is C[C@@H]1CN(Cc2cccc(-n3cccc3)c2)C[C@H](C)N1Cc1ccc(C(=O)CO)cc1. The molecular weight excluding hydrogens is 386 g/mol. The summed E-state index contributed by atoms with van der Waals surface area (Å²) < 4.78 is 2.14. The lowest BCUT2D eigenvalue weighted by Gasteiger charge is -2.44. The van der Waals surface area contributed by atoms with E-state index in [0.29, 0.717) is 17.6 Å². The number of piperazine rings is 1. The van der Waals surface area contributed by atoms with E-state index in [2.05, 4.69) is 64.9 Å². The van der Waals surface area contributed by atoms with Crippen molar-refractivity contribution in [3.8, 4) is 5.69 Å². The van der Waals surface area contributed by atoms with Crippen molar-refractivity contribution in [1.29, 1.82) is 0 Å². The maximum absolute atomic E-state index is 11.6. The Hall–Kier alpha value is -2.73. The molecule has 162 valence electrons. The standard InChI is InChI=1S/C26H31N3O2/c1-20-15-27(17-23-6-5-7-25(14-23)28-12-3-4-13-28)16-21(2)29(20)18-22-8-10-24(11-9-22)26(31)19-30/h3-14,20-21,30H,15-19H2,1-2H3/t20-,21+. The number of hydrogen-bond acceptors (Lipinski definition) is 4. The van der Waals surface area contributed by atoms with Gasteiger partial charge in [0.1, 0.15) is 6.61 Å². The maximum Gasteiger partial charge on any atom is 0.188 e. The van der Waals surface area contributed by atoms with Crippen LogP contribution in [0.3, 0.4) is 0 Å². The molecule has 3 aromatic rings. The van der Waals surface area contributed by atoms with Gasteiger partial charge in [-0.25, -0.2) is 0 Å². The van der Waals surface area contributed by atoms with E-state index >= 15 is 0 Å². The van der Waals surface area contributed by atoms with Crippen LogP contribution >= 0.6 is 0 Å². The zero-order valence-corrected chi connectivity index (χ0v) is 18.3. The van der Waals surface area contributed by atoms with Crippen molar-refractivity contribution in [3.05, 3.63) is 89.7 Å². The van der Waals surface area contributed by atoms with Crippen molar-refractivity contribution in [2.45, 2.75) is 39.0 Å². The van der Waals surface area contributed by atoms with E-state index in [0.717, 1.165) is 26.2 Å². The van der Waals surface area contributed by atoms with Crippen LogP contribution in [0.15, 0.2) is 73.1 Å². The molecule has 1 aliphatic rings. The summed E-state index contributed by atoms with van der Waals surface area (Å²) in [6.45, 7) is 8.02. The third-order valence-corrected chi connectivity index (χ3v) is 6.18. The first kappa shape index (κ1) is 21.5. The summed E-state index contributed by atoms with van der Waals surface area (Å²) in [6, 6.07) is 21.4. The molecule has 0 amide bonds. The van der Waals surface area contributed by atoms with E-state index in [9.17, 15) is 4.79 Å². The normalized spacial score (nSPS) is 20.1. The van der Waals surface area contributed by atoms with Crippen LogP contribution in [0.4, 0.5) is 0 Å². The van der Waals surface area contributed by atoms with E-state index in [-0.39, 0.29) is 5.78 Å². The molecule has 0 spiro atoms. The number of aliphatic hydroxyl groups excluding tert-OH is 1. The minimum absolute atomic E-state index is 0.234. The lowest BCUT2D eigenvalue weighted by molar-refractivity contribution is 0.0290. The van der Waals surface area contributed by atoms with Crippen molar-refractivity contribution in [1.82, 2.24) is 14.4 Å². The van der Waals surface area contributed by atoms with E-state index in [1.54, 1.807) is 0 Å². The quantitative estimate of drug-likeness (QED) is 0.595. The van der Waals surface area contributed by atoms with Crippen molar-refractivity contribution in [2.24, 2.45) is 0 Å². The highest BCUT2D eigenvalue weighted by molar-refractivity contribution is 5.96. The van der Waals surface area contributed by atoms with E-state index in [1.165, 1.54) is 16.8 Å². The predicted molar refractivity (Wildman–Crippen MR) is 123 cm³/mol. The van der Waals surface area contributed by atoms with Gasteiger partial charge in [0.2, 0.25) is 0 Å². The molecule has 2 heterocycles. The highest BCUT2D eigenvalue weighted by atomic mass is 16.3. The number of hydrogen-bond donors (Lipinski definition) is 1. The van der Waals surface area contributed by atoms with Crippen molar-refractivity contribution < 1.29 is 9.90 Å². The zero-order chi connectivity index (χ0) is 21.8. The third-order valence-electron chi connectivity index (χ3n) is 6.18. The highest BCUT2D eigenvalue weighted by Crippen LogP contribution is 2.22. The summed E-state index contributed by atoms with van der Waals surface area (Å²) in [5, 5.41) is 9.02. The summed E-state index contributed by atoms with van der Waals surface area (Å²) in [4.78, 5) is 16.7. The molecule has 5 nitrogen and oxygen atoms in total. The summed E-state index contributed by atoms with van der Waals surface area (Å²) in [6.07, 6.45) is 4.16. The minimum Gasteiger partial charge on any atom is -0.388 e. The summed E-state index contributed by atoms with van der Waals surface area (Å²) >= 11 is 0. The molecular formula is C26H31N3O2. The maximum atomic E-state index is 11.6. The van der Waals surface area contributed by atoms with E-state index in [4.69, 9.17) is 5.11 Å². The smallest absolute Gasteiger partial charge is 0.188 e. The fourth-order valence-electron chi connectivity index (χ4n) is 4.59. The number of nitrogens with zero attached hydrogens (tertiary/aromatic N) is 3. The Balaban J connectivity index is 1.38. The number of Topliss-reactive ketones (excluding diaryl/α,β-unsaturated/α-hetero) is 1. The van der Waals surface area contributed by atoms with Gasteiger partial charge in [-0.3, -0.25) is 14.6 Å². The van der Waals surface area contributed by atoms with Crippen LogP contribution in [0.25, 0.3) is 5.69 Å². The third kappa shape index (κ3) is 5.13. The Morgan fingerprint density at radius 2 is 1.58 bits per heavy atom. The minimum atomic E-state index is -0.441. The molecule has 31 heavy (non-hydrogen) atoms. The van der Waals surface area contributed by atoms with Crippen molar-refractivity contribution in [3.63, 3.8) is 0 Å². The van der Waals surface area contributed by atoms with Gasteiger partial charge < -0.3 is 9.67 Å². The van der Waals surface area contributed by atoms with Crippen LogP contribution in [0.1, 0.15) is 35.3 Å². The van der Waals surface area contributed by atoms with Crippen molar-refractivity contribution in [2.75, 3.05) is 19.7 Å². The van der Waals surface area contributed by atoms with Crippen LogP contribution < -0.4 is 0 Å². The van der Waals surface area contributed by atoms with Crippen molar-refractivity contribution >= 4 is 5.78 Å². The second kappa shape index (κ2) is 9.60. The predicted octanol–water partition coefficient (Wildman–Crippen LogP) is 3.75. The largest absolute Gasteiger partial charge is 0.388 e. The number of carbonyl (C=O) groups excluding carboxylic acids is 1. The van der Waals surface area contributed by atoms with Gasteiger partial charge in [-0.15, -0.1) is 0 Å². The van der Waals surface area contributed by atoms with Crippen LogP contribution in [0.2, 0.25) is 0 Å². The molecule has 5 heteroatoms. The molecule has 1 aliphatic heterocycles. The molecule has 2 atom stereocenters. The Morgan fingerprint density at radius 1 is 0.903 bits per heavy atom. The molecule has 0 unspecified atom stereocenters. The summed E-state index contributed by atoms with van der Waals surface area (Å²) in [7, 11) is 0. The van der Waals surface area contributed by atoms with Crippen LogP contribution in [-0.2, 0) is 13.1 Å². The van der Waals surface area contributed by atoms with Gasteiger partial charge in [-0.05, 0) is 49.2 Å². The molecule has 1 saturated heterocycles. The molecule has 1 N–H and O–H groups in total. The van der Waals surface area contributed by atoms with Crippen LogP contribution in [-0.4, -0.2) is 57.0 Å². The van der Waals surface area contributed by atoms with Gasteiger partial charge in [0.05, 0.1) is 0 Å². The summed E-state index contributed by atoms with van der Waals surface area (Å²) in [5.74, 6) is -0.234. The average Bonchev–Trinajstić information content (AvgIpc) is 3.31. The van der Waals surface area contributed by atoms with Crippen LogP contribution in [0, 0.1) is 0 Å². The Labute approximate surface area is 184 Å². The molecule has 1 aromatic heterocycles. The first-order chi connectivity index (χ1) is 15.0. The average molecular weight is 418 g/mol. The Bertz CT molecular complexity index is 986. The van der Waals surface area contributed by atoms with Crippen LogP contribution in [0.5, 0.6) is 0 Å².